The van der Waals surface area contributed by atoms with E-state index in [2.05, 4.69) is 12.1 Å². The standard InChI is InChI=1S/C24H24N2O3/c1-14-10-11-20-19(12-14)15(2)13-24(4,5)26(20)21(27)16(3)25-22(28)17-8-6-7-9-18(17)23(25)29/h6-13,16H,1-5H3/t16-/m0/s1. The number of aryl methyl sites for hydroxylation is 1. The Hall–Kier alpha value is -3.21. The molecule has 1 atom stereocenters. The second-order valence-electron chi connectivity index (χ2n) is 8.38. The van der Waals surface area contributed by atoms with Crippen molar-refractivity contribution in [3.05, 3.63) is 70.8 Å². The van der Waals surface area contributed by atoms with Gasteiger partial charge in [-0.15, -0.1) is 0 Å². The van der Waals surface area contributed by atoms with Crippen LogP contribution in [-0.2, 0) is 4.79 Å². The van der Waals surface area contributed by atoms with Crippen LogP contribution in [0.1, 0.15) is 59.5 Å². The molecule has 0 fully saturated rings. The number of nitrogens with zero attached hydrogens (tertiary/aromatic N) is 2. The number of allylic oxidation sites excluding steroid dienone is 1. The third-order valence-corrected chi connectivity index (χ3v) is 5.75. The first-order valence-electron chi connectivity index (χ1n) is 9.75. The number of amides is 3. The zero-order valence-corrected chi connectivity index (χ0v) is 17.3. The average Bonchev–Trinajstić information content (AvgIpc) is 2.92. The van der Waals surface area contributed by atoms with Crippen molar-refractivity contribution in [1.82, 2.24) is 4.90 Å². The zero-order valence-electron chi connectivity index (χ0n) is 17.3. The number of rotatable bonds is 2. The molecule has 4 rings (SSSR count). The Kier molecular flexibility index (Phi) is 4.23. The van der Waals surface area contributed by atoms with Crippen LogP contribution in [0.15, 0.2) is 48.5 Å². The highest BCUT2D eigenvalue weighted by atomic mass is 16.2. The molecule has 3 amide bonds. The van der Waals surface area contributed by atoms with Crippen molar-refractivity contribution < 1.29 is 14.4 Å². The lowest BCUT2D eigenvalue weighted by atomic mass is 9.87. The Morgan fingerprint density at radius 3 is 2.10 bits per heavy atom. The molecular weight excluding hydrogens is 364 g/mol. The number of carbonyl (C=O) groups is 3. The Morgan fingerprint density at radius 1 is 0.931 bits per heavy atom. The van der Waals surface area contributed by atoms with Crippen molar-refractivity contribution in [2.75, 3.05) is 4.90 Å². The van der Waals surface area contributed by atoms with E-state index >= 15 is 0 Å². The maximum Gasteiger partial charge on any atom is 0.262 e. The Morgan fingerprint density at radius 2 is 1.52 bits per heavy atom. The van der Waals surface area contributed by atoms with Crippen LogP contribution in [0.25, 0.3) is 5.57 Å². The molecule has 5 nitrogen and oxygen atoms in total. The molecule has 0 spiro atoms. The maximum atomic E-state index is 13.6. The normalized spacial score (nSPS) is 18.3. The highest BCUT2D eigenvalue weighted by Gasteiger charge is 2.45. The number of hydrogen-bond acceptors (Lipinski definition) is 3. The molecule has 2 aromatic rings. The van der Waals surface area contributed by atoms with Gasteiger partial charge in [0.05, 0.1) is 22.4 Å². The molecule has 0 unspecified atom stereocenters. The Labute approximate surface area is 170 Å². The Bertz CT molecular complexity index is 1060. The van der Waals surface area contributed by atoms with Gasteiger partial charge in [-0.25, -0.2) is 0 Å². The lowest BCUT2D eigenvalue weighted by Crippen LogP contribution is -2.56. The van der Waals surface area contributed by atoms with Crippen LogP contribution >= 0.6 is 0 Å². The summed E-state index contributed by atoms with van der Waals surface area (Å²) in [7, 11) is 0. The number of benzene rings is 2. The van der Waals surface area contributed by atoms with Crippen LogP contribution in [-0.4, -0.2) is 34.2 Å². The van der Waals surface area contributed by atoms with Crippen molar-refractivity contribution >= 4 is 29.0 Å². The number of anilines is 1. The van der Waals surface area contributed by atoms with E-state index in [1.807, 2.05) is 39.8 Å². The maximum absolute atomic E-state index is 13.6. The third kappa shape index (κ3) is 2.80. The monoisotopic (exact) mass is 388 g/mol. The van der Waals surface area contributed by atoms with Crippen molar-refractivity contribution in [1.29, 1.82) is 0 Å². The summed E-state index contributed by atoms with van der Waals surface area (Å²) in [6.45, 7) is 9.61. The van der Waals surface area contributed by atoms with Crippen LogP contribution in [0.5, 0.6) is 0 Å². The van der Waals surface area contributed by atoms with Crippen LogP contribution in [0.4, 0.5) is 5.69 Å². The molecule has 0 saturated heterocycles. The Balaban J connectivity index is 1.75. The predicted molar refractivity (Wildman–Crippen MR) is 113 cm³/mol. The molecule has 0 aromatic heterocycles. The highest BCUT2D eigenvalue weighted by Crippen LogP contribution is 2.40. The van der Waals surface area contributed by atoms with E-state index in [1.54, 1.807) is 36.1 Å². The van der Waals surface area contributed by atoms with Crippen molar-refractivity contribution in [2.45, 2.75) is 46.2 Å². The molecular formula is C24H24N2O3. The minimum atomic E-state index is -0.914. The SMILES string of the molecule is CC1=CC(C)(C)N(C(=O)[C@H](C)N2C(=O)c3ccccc3C2=O)c2ccc(C)cc21. The first kappa shape index (κ1) is 19.1. The topological polar surface area (TPSA) is 57.7 Å². The van der Waals surface area contributed by atoms with Gasteiger partial charge in [0, 0.05) is 5.56 Å². The molecule has 0 radical (unpaired) electrons. The van der Waals surface area contributed by atoms with E-state index in [4.69, 9.17) is 0 Å². The zero-order chi connectivity index (χ0) is 21.1. The fraction of sp³-hybridized carbons (Fsp3) is 0.292. The van der Waals surface area contributed by atoms with E-state index in [9.17, 15) is 14.4 Å². The number of imide groups is 1. The van der Waals surface area contributed by atoms with Gasteiger partial charge in [-0.05, 0) is 64.5 Å². The van der Waals surface area contributed by atoms with Gasteiger partial charge >= 0.3 is 0 Å². The average molecular weight is 388 g/mol. The van der Waals surface area contributed by atoms with E-state index in [0.717, 1.165) is 27.3 Å². The molecule has 0 bridgehead atoms. The van der Waals surface area contributed by atoms with Gasteiger partial charge < -0.3 is 4.90 Å². The van der Waals surface area contributed by atoms with Gasteiger partial charge in [-0.3, -0.25) is 19.3 Å². The van der Waals surface area contributed by atoms with Crippen molar-refractivity contribution in [3.63, 3.8) is 0 Å². The number of fused-ring (bicyclic) bond motifs is 2. The van der Waals surface area contributed by atoms with E-state index < -0.39 is 23.4 Å². The minimum Gasteiger partial charge on any atom is -0.301 e. The first-order valence-corrected chi connectivity index (χ1v) is 9.75. The summed E-state index contributed by atoms with van der Waals surface area (Å²) in [6, 6.07) is 11.8. The van der Waals surface area contributed by atoms with E-state index in [0.29, 0.717) is 11.1 Å². The number of hydrogen-bond donors (Lipinski definition) is 0. The molecule has 148 valence electrons. The van der Waals surface area contributed by atoms with Crippen LogP contribution in [0.3, 0.4) is 0 Å². The molecule has 0 saturated carbocycles. The van der Waals surface area contributed by atoms with Gasteiger partial charge in [0.1, 0.15) is 6.04 Å². The van der Waals surface area contributed by atoms with E-state index in [-0.39, 0.29) is 5.91 Å². The lowest BCUT2D eigenvalue weighted by Gasteiger charge is -2.43. The molecule has 2 aliphatic heterocycles. The van der Waals surface area contributed by atoms with Gasteiger partial charge in [-0.2, -0.15) is 0 Å². The summed E-state index contributed by atoms with van der Waals surface area (Å²) >= 11 is 0. The predicted octanol–water partition coefficient (Wildman–Crippen LogP) is 4.21. The molecule has 2 heterocycles. The highest BCUT2D eigenvalue weighted by molar-refractivity contribution is 6.23. The quantitative estimate of drug-likeness (QED) is 0.724. The van der Waals surface area contributed by atoms with Gasteiger partial charge in [0.25, 0.3) is 17.7 Å². The van der Waals surface area contributed by atoms with Crippen LogP contribution < -0.4 is 4.90 Å². The van der Waals surface area contributed by atoms with Gasteiger partial charge in [0.2, 0.25) is 0 Å². The summed E-state index contributed by atoms with van der Waals surface area (Å²) in [5, 5.41) is 0. The molecule has 0 aliphatic carbocycles. The molecule has 2 aromatic carbocycles. The second-order valence-corrected chi connectivity index (χ2v) is 8.38. The van der Waals surface area contributed by atoms with Crippen molar-refractivity contribution in [3.8, 4) is 0 Å². The molecule has 5 heteroatoms. The summed E-state index contributed by atoms with van der Waals surface area (Å²) in [5.41, 5.74) is 4.11. The lowest BCUT2D eigenvalue weighted by molar-refractivity contribution is -0.122. The van der Waals surface area contributed by atoms with Crippen LogP contribution in [0, 0.1) is 6.92 Å². The van der Waals surface area contributed by atoms with Crippen molar-refractivity contribution in [2.24, 2.45) is 0 Å². The fourth-order valence-corrected chi connectivity index (χ4v) is 4.40. The fourth-order valence-electron chi connectivity index (χ4n) is 4.40. The molecule has 29 heavy (non-hydrogen) atoms. The molecule has 0 N–H and O–H groups in total. The summed E-state index contributed by atoms with van der Waals surface area (Å²) in [4.78, 5) is 42.2. The second kappa shape index (κ2) is 6.41. The van der Waals surface area contributed by atoms with E-state index in [1.165, 1.54) is 0 Å². The van der Waals surface area contributed by atoms with Gasteiger partial charge in [-0.1, -0.05) is 29.8 Å². The third-order valence-electron chi connectivity index (χ3n) is 5.75. The smallest absolute Gasteiger partial charge is 0.262 e. The summed E-state index contributed by atoms with van der Waals surface area (Å²) in [5.74, 6) is -1.12. The number of carbonyl (C=O) groups excluding carboxylic acids is 3. The largest absolute Gasteiger partial charge is 0.301 e. The summed E-state index contributed by atoms with van der Waals surface area (Å²) in [6.07, 6.45) is 2.06. The molecule has 2 aliphatic rings. The summed E-state index contributed by atoms with van der Waals surface area (Å²) < 4.78 is 0. The minimum absolute atomic E-state index is 0.279. The first-order chi connectivity index (χ1) is 13.6. The van der Waals surface area contributed by atoms with Gasteiger partial charge in [0.15, 0.2) is 0 Å². The van der Waals surface area contributed by atoms with Crippen LogP contribution in [0.2, 0.25) is 0 Å².